The standard InChI is InChI=1S/C30H32N4O3/c1-30(2,3)23-15-13-22(14-16-23)29(37)32-26-12-8-7-11-25(26)31-27(35)17-18-28(36)34-20-19-24(33-34)21-9-5-4-6-10-21/h4-16H,17-20H2,1-3H3,(H,31,35)(H,32,37). The van der Waals surface area contributed by atoms with Crippen LogP contribution in [0.2, 0.25) is 0 Å². The summed E-state index contributed by atoms with van der Waals surface area (Å²) in [6.07, 6.45) is 0.752. The number of amides is 3. The molecule has 3 aromatic rings. The summed E-state index contributed by atoms with van der Waals surface area (Å²) in [6.45, 7) is 6.87. The van der Waals surface area contributed by atoms with Crippen molar-refractivity contribution < 1.29 is 14.4 Å². The molecule has 0 saturated carbocycles. The Hall–Kier alpha value is -4.26. The van der Waals surface area contributed by atoms with Gasteiger partial charge in [0.2, 0.25) is 11.8 Å². The van der Waals surface area contributed by atoms with Gasteiger partial charge in [-0.25, -0.2) is 5.01 Å². The fourth-order valence-electron chi connectivity index (χ4n) is 4.05. The summed E-state index contributed by atoms with van der Waals surface area (Å²) < 4.78 is 0. The van der Waals surface area contributed by atoms with E-state index in [-0.39, 0.29) is 36.0 Å². The van der Waals surface area contributed by atoms with Gasteiger partial charge in [0, 0.05) is 24.8 Å². The molecule has 0 radical (unpaired) electrons. The van der Waals surface area contributed by atoms with Crippen molar-refractivity contribution in [3.63, 3.8) is 0 Å². The van der Waals surface area contributed by atoms with Crippen LogP contribution >= 0.6 is 0 Å². The Morgan fingerprint density at radius 2 is 1.43 bits per heavy atom. The Balaban J connectivity index is 1.32. The number of hydrogen-bond acceptors (Lipinski definition) is 4. The van der Waals surface area contributed by atoms with Crippen molar-refractivity contribution >= 4 is 34.8 Å². The number of para-hydroxylation sites is 2. The van der Waals surface area contributed by atoms with Crippen LogP contribution in [0.15, 0.2) is 84.0 Å². The molecule has 7 heteroatoms. The molecule has 1 aliphatic heterocycles. The topological polar surface area (TPSA) is 90.9 Å². The van der Waals surface area contributed by atoms with Crippen molar-refractivity contribution in [1.29, 1.82) is 0 Å². The third-order valence-electron chi connectivity index (χ3n) is 6.23. The number of anilines is 2. The van der Waals surface area contributed by atoms with Crippen LogP contribution < -0.4 is 10.6 Å². The monoisotopic (exact) mass is 496 g/mol. The molecular weight excluding hydrogens is 464 g/mol. The lowest BCUT2D eigenvalue weighted by Gasteiger charge is -2.19. The average Bonchev–Trinajstić information content (AvgIpc) is 3.39. The van der Waals surface area contributed by atoms with E-state index in [0.29, 0.717) is 29.9 Å². The maximum Gasteiger partial charge on any atom is 0.255 e. The van der Waals surface area contributed by atoms with Crippen LogP contribution in [0.5, 0.6) is 0 Å². The van der Waals surface area contributed by atoms with Crippen LogP contribution in [0.1, 0.15) is 61.5 Å². The number of carbonyl (C=O) groups excluding carboxylic acids is 3. The second-order valence-electron chi connectivity index (χ2n) is 10.1. The minimum Gasteiger partial charge on any atom is -0.324 e. The van der Waals surface area contributed by atoms with Crippen molar-refractivity contribution in [3.05, 3.63) is 95.6 Å². The lowest BCUT2D eigenvalue weighted by atomic mass is 9.87. The first-order chi connectivity index (χ1) is 17.7. The lowest BCUT2D eigenvalue weighted by molar-refractivity contribution is -0.132. The number of carbonyl (C=O) groups is 3. The minimum atomic E-state index is -0.309. The number of nitrogens with one attached hydrogen (secondary N) is 2. The molecule has 3 aromatic carbocycles. The Kier molecular flexibility index (Phi) is 7.82. The number of benzene rings is 3. The quantitative estimate of drug-likeness (QED) is 0.447. The van der Waals surface area contributed by atoms with E-state index in [0.717, 1.165) is 16.8 Å². The van der Waals surface area contributed by atoms with Gasteiger partial charge in [-0.3, -0.25) is 14.4 Å². The first-order valence-corrected chi connectivity index (χ1v) is 12.4. The predicted molar refractivity (Wildman–Crippen MR) is 147 cm³/mol. The van der Waals surface area contributed by atoms with Gasteiger partial charge >= 0.3 is 0 Å². The molecule has 37 heavy (non-hydrogen) atoms. The summed E-state index contributed by atoms with van der Waals surface area (Å²) in [7, 11) is 0. The van der Waals surface area contributed by atoms with Gasteiger partial charge in [0.1, 0.15) is 0 Å². The third kappa shape index (κ3) is 6.70. The van der Waals surface area contributed by atoms with E-state index in [2.05, 4.69) is 36.5 Å². The molecule has 0 bridgehead atoms. The smallest absolute Gasteiger partial charge is 0.255 e. The normalized spacial score (nSPS) is 13.2. The van der Waals surface area contributed by atoms with Crippen molar-refractivity contribution in [3.8, 4) is 0 Å². The minimum absolute atomic E-state index is 0.00141. The van der Waals surface area contributed by atoms with E-state index >= 15 is 0 Å². The molecule has 2 N–H and O–H groups in total. The van der Waals surface area contributed by atoms with E-state index in [4.69, 9.17) is 0 Å². The van der Waals surface area contributed by atoms with E-state index in [1.165, 1.54) is 5.01 Å². The van der Waals surface area contributed by atoms with E-state index in [1.54, 1.807) is 36.4 Å². The molecule has 190 valence electrons. The second-order valence-corrected chi connectivity index (χ2v) is 10.1. The zero-order valence-electron chi connectivity index (χ0n) is 21.5. The summed E-state index contributed by atoms with van der Waals surface area (Å²) >= 11 is 0. The van der Waals surface area contributed by atoms with Gasteiger partial charge in [0.15, 0.2) is 0 Å². The Labute approximate surface area is 217 Å². The highest BCUT2D eigenvalue weighted by Gasteiger charge is 2.22. The van der Waals surface area contributed by atoms with E-state index in [1.807, 2.05) is 42.5 Å². The van der Waals surface area contributed by atoms with Gasteiger partial charge in [-0.1, -0.05) is 75.4 Å². The molecule has 0 aromatic heterocycles. The largest absolute Gasteiger partial charge is 0.324 e. The first kappa shape index (κ1) is 25.8. The molecule has 7 nitrogen and oxygen atoms in total. The van der Waals surface area contributed by atoms with Crippen LogP contribution in [0, 0.1) is 0 Å². The highest BCUT2D eigenvalue weighted by Crippen LogP contribution is 2.25. The van der Waals surface area contributed by atoms with Gasteiger partial charge in [-0.05, 0) is 40.8 Å². The van der Waals surface area contributed by atoms with Crippen LogP contribution in [0.3, 0.4) is 0 Å². The molecule has 0 spiro atoms. The average molecular weight is 497 g/mol. The highest BCUT2D eigenvalue weighted by molar-refractivity contribution is 6.07. The molecular formula is C30H32N4O3. The molecule has 0 aliphatic carbocycles. The maximum atomic E-state index is 12.8. The summed E-state index contributed by atoms with van der Waals surface area (Å²) in [5.74, 6) is -0.768. The van der Waals surface area contributed by atoms with Gasteiger partial charge in [-0.2, -0.15) is 5.10 Å². The van der Waals surface area contributed by atoms with Crippen molar-refractivity contribution in [1.82, 2.24) is 5.01 Å². The number of hydrazone groups is 1. The van der Waals surface area contributed by atoms with Crippen molar-refractivity contribution in [2.75, 3.05) is 17.2 Å². The van der Waals surface area contributed by atoms with Gasteiger partial charge in [0.25, 0.3) is 5.91 Å². The summed E-state index contributed by atoms with van der Waals surface area (Å²) in [5, 5.41) is 11.6. The maximum absolute atomic E-state index is 12.8. The van der Waals surface area contributed by atoms with Crippen LogP contribution in [-0.2, 0) is 15.0 Å². The second kappa shape index (κ2) is 11.2. The van der Waals surface area contributed by atoms with Crippen molar-refractivity contribution in [2.24, 2.45) is 5.10 Å². The summed E-state index contributed by atoms with van der Waals surface area (Å²) in [6, 6.07) is 24.3. The molecule has 0 atom stereocenters. The Morgan fingerprint density at radius 1 is 0.811 bits per heavy atom. The lowest BCUT2D eigenvalue weighted by Crippen LogP contribution is -2.25. The first-order valence-electron chi connectivity index (χ1n) is 12.4. The third-order valence-corrected chi connectivity index (χ3v) is 6.23. The fourth-order valence-corrected chi connectivity index (χ4v) is 4.05. The summed E-state index contributed by atoms with van der Waals surface area (Å²) in [4.78, 5) is 38.1. The van der Waals surface area contributed by atoms with E-state index < -0.39 is 0 Å². The zero-order chi connectivity index (χ0) is 26.4. The van der Waals surface area contributed by atoms with Crippen molar-refractivity contribution in [2.45, 2.75) is 45.4 Å². The van der Waals surface area contributed by atoms with E-state index in [9.17, 15) is 14.4 Å². The fraction of sp³-hybridized carbons (Fsp3) is 0.267. The number of nitrogens with zero attached hydrogens (tertiary/aromatic N) is 2. The molecule has 0 fully saturated rings. The Morgan fingerprint density at radius 3 is 2.08 bits per heavy atom. The highest BCUT2D eigenvalue weighted by atomic mass is 16.2. The zero-order valence-corrected chi connectivity index (χ0v) is 21.5. The summed E-state index contributed by atoms with van der Waals surface area (Å²) in [5.41, 5.74) is 4.51. The van der Waals surface area contributed by atoms with Gasteiger partial charge < -0.3 is 10.6 Å². The molecule has 3 amide bonds. The van der Waals surface area contributed by atoms with Crippen LogP contribution in [0.25, 0.3) is 0 Å². The molecule has 4 rings (SSSR count). The van der Waals surface area contributed by atoms with Gasteiger partial charge in [0.05, 0.1) is 23.6 Å². The van der Waals surface area contributed by atoms with Crippen LogP contribution in [-0.4, -0.2) is 35.0 Å². The van der Waals surface area contributed by atoms with Gasteiger partial charge in [-0.15, -0.1) is 0 Å². The number of hydrogen-bond donors (Lipinski definition) is 2. The predicted octanol–water partition coefficient (Wildman–Crippen LogP) is 5.59. The Bertz CT molecular complexity index is 1310. The molecule has 1 aliphatic rings. The molecule has 1 heterocycles. The molecule has 0 unspecified atom stereocenters. The SMILES string of the molecule is CC(C)(C)c1ccc(C(=O)Nc2ccccc2NC(=O)CCC(=O)N2CCC(c3ccccc3)=N2)cc1. The number of rotatable bonds is 7. The van der Waals surface area contributed by atoms with Crippen LogP contribution in [0.4, 0.5) is 11.4 Å². The molecule has 0 saturated heterocycles.